The number of ether oxygens (including phenoxy) is 1. The second kappa shape index (κ2) is 9.88. The molecule has 1 atom stereocenters. The lowest BCUT2D eigenvalue weighted by Gasteiger charge is -2.29. The molecule has 1 unspecified atom stereocenters. The number of carbonyl (C=O) groups excluding carboxylic acids is 1. The second-order valence-corrected chi connectivity index (χ2v) is 9.51. The molecule has 0 aliphatic rings. The zero-order valence-electron chi connectivity index (χ0n) is 17.5. The van der Waals surface area contributed by atoms with Crippen LogP contribution in [0.2, 0.25) is 0 Å². The Morgan fingerprint density at radius 2 is 1.77 bits per heavy atom. The number of hydrogen-bond donors (Lipinski definition) is 1. The van der Waals surface area contributed by atoms with Gasteiger partial charge in [-0.3, -0.25) is 14.4 Å². The van der Waals surface area contributed by atoms with Gasteiger partial charge in [0.15, 0.2) is 0 Å². The van der Waals surface area contributed by atoms with Gasteiger partial charge in [0.1, 0.15) is 16.8 Å². The summed E-state index contributed by atoms with van der Waals surface area (Å²) in [6.07, 6.45) is 1.36. The molecule has 0 aliphatic heterocycles. The van der Waals surface area contributed by atoms with Crippen LogP contribution in [0, 0.1) is 0 Å². The van der Waals surface area contributed by atoms with Crippen molar-refractivity contribution in [2.24, 2.45) is 0 Å². The zero-order valence-corrected chi connectivity index (χ0v) is 19.1. The molecule has 0 spiro atoms. The van der Waals surface area contributed by atoms with E-state index in [-0.39, 0.29) is 6.42 Å². The first-order chi connectivity index (χ1) is 14.8. The van der Waals surface area contributed by atoms with Crippen molar-refractivity contribution in [2.75, 3.05) is 22.5 Å². The summed E-state index contributed by atoms with van der Waals surface area (Å²) in [4.78, 5) is 13.0. The smallest absolute Gasteiger partial charge is 0.250 e. The average molecular weight is 461 g/mol. The van der Waals surface area contributed by atoms with E-state index in [2.05, 4.69) is 15.5 Å². The molecule has 0 saturated carbocycles. The Hall–Kier alpha value is -2.98. The molecule has 1 amide bonds. The number of aromatic nitrogens is 2. The maximum absolute atomic E-state index is 13.0. The van der Waals surface area contributed by atoms with E-state index in [0.717, 1.165) is 16.1 Å². The van der Waals surface area contributed by atoms with Crippen LogP contribution in [0.1, 0.15) is 20.3 Å². The Morgan fingerprint density at radius 3 is 2.35 bits per heavy atom. The van der Waals surface area contributed by atoms with Crippen LogP contribution in [-0.2, 0) is 14.8 Å². The molecule has 31 heavy (non-hydrogen) atoms. The van der Waals surface area contributed by atoms with Gasteiger partial charge in [0.2, 0.25) is 21.1 Å². The monoisotopic (exact) mass is 460 g/mol. The third-order valence-corrected chi connectivity index (χ3v) is 6.48. The van der Waals surface area contributed by atoms with Gasteiger partial charge < -0.3 is 4.74 Å². The summed E-state index contributed by atoms with van der Waals surface area (Å²) in [5.41, 5.74) is 1.27. The highest BCUT2D eigenvalue weighted by Gasteiger charge is 2.32. The second-order valence-electron chi connectivity index (χ2n) is 6.68. The highest BCUT2D eigenvalue weighted by atomic mass is 32.2. The maximum Gasteiger partial charge on any atom is 0.250 e. The minimum Gasteiger partial charge on any atom is -0.494 e. The van der Waals surface area contributed by atoms with Crippen LogP contribution in [0.4, 0.5) is 10.8 Å². The number of carbonyl (C=O) groups is 1. The van der Waals surface area contributed by atoms with E-state index in [1.165, 1.54) is 11.3 Å². The molecule has 8 nitrogen and oxygen atoms in total. The summed E-state index contributed by atoms with van der Waals surface area (Å²) in [6.45, 7) is 4.12. The van der Waals surface area contributed by atoms with Gasteiger partial charge in [-0.05, 0) is 37.6 Å². The van der Waals surface area contributed by atoms with Gasteiger partial charge >= 0.3 is 0 Å². The summed E-state index contributed by atoms with van der Waals surface area (Å²) >= 11 is 1.23. The number of rotatable bonds is 9. The van der Waals surface area contributed by atoms with Crippen molar-refractivity contribution >= 4 is 38.1 Å². The first-order valence-electron chi connectivity index (χ1n) is 9.75. The Balaban J connectivity index is 1.83. The number of anilines is 2. The van der Waals surface area contributed by atoms with Crippen molar-refractivity contribution in [3.05, 3.63) is 54.6 Å². The summed E-state index contributed by atoms with van der Waals surface area (Å²) in [5.74, 6) is 0.150. The van der Waals surface area contributed by atoms with Gasteiger partial charge in [-0.25, -0.2) is 8.42 Å². The molecule has 2 aromatic carbocycles. The topological polar surface area (TPSA) is 101 Å². The van der Waals surface area contributed by atoms with Crippen LogP contribution in [0.15, 0.2) is 54.6 Å². The molecular formula is C21H24N4O4S2. The number of amides is 1. The first-order valence-corrected chi connectivity index (χ1v) is 12.4. The number of nitrogens with one attached hydrogen (secondary N) is 1. The van der Waals surface area contributed by atoms with Crippen molar-refractivity contribution in [1.82, 2.24) is 10.2 Å². The summed E-state index contributed by atoms with van der Waals surface area (Å²) in [5, 5.41) is 11.8. The SMILES string of the molecule is CCOc1ccc(N(C(CC)C(=O)Nc2nnc(-c3ccccc3)s2)S(C)(=O)=O)cc1. The molecule has 0 saturated heterocycles. The summed E-state index contributed by atoms with van der Waals surface area (Å²) < 4.78 is 31.7. The fourth-order valence-electron chi connectivity index (χ4n) is 3.08. The lowest BCUT2D eigenvalue weighted by atomic mass is 10.2. The first kappa shape index (κ1) is 22.7. The lowest BCUT2D eigenvalue weighted by Crippen LogP contribution is -2.47. The van der Waals surface area contributed by atoms with Gasteiger partial charge in [-0.1, -0.05) is 48.6 Å². The van der Waals surface area contributed by atoms with Crippen LogP contribution >= 0.6 is 11.3 Å². The quantitative estimate of drug-likeness (QED) is 0.521. The molecule has 0 bridgehead atoms. The Bertz CT molecular complexity index is 1120. The fraction of sp³-hybridized carbons (Fsp3) is 0.286. The molecule has 1 aromatic heterocycles. The van der Waals surface area contributed by atoms with E-state index in [4.69, 9.17) is 4.74 Å². The van der Waals surface area contributed by atoms with E-state index in [1.54, 1.807) is 31.2 Å². The third-order valence-electron chi connectivity index (χ3n) is 4.41. The molecule has 0 fully saturated rings. The van der Waals surface area contributed by atoms with Crippen molar-refractivity contribution in [2.45, 2.75) is 26.3 Å². The van der Waals surface area contributed by atoms with E-state index >= 15 is 0 Å². The Kier molecular flexibility index (Phi) is 7.24. The number of benzene rings is 2. The molecule has 164 valence electrons. The van der Waals surface area contributed by atoms with Crippen molar-refractivity contribution in [3.8, 4) is 16.3 Å². The molecule has 3 rings (SSSR count). The van der Waals surface area contributed by atoms with E-state index < -0.39 is 22.0 Å². The molecule has 10 heteroatoms. The lowest BCUT2D eigenvalue weighted by molar-refractivity contribution is -0.117. The third kappa shape index (κ3) is 5.59. The van der Waals surface area contributed by atoms with Gasteiger partial charge in [0, 0.05) is 5.56 Å². The predicted octanol–water partition coefficient (Wildman–Crippen LogP) is 3.79. The van der Waals surface area contributed by atoms with Gasteiger partial charge in [0.25, 0.3) is 0 Å². The van der Waals surface area contributed by atoms with Crippen LogP contribution in [0.5, 0.6) is 5.75 Å². The zero-order chi connectivity index (χ0) is 22.4. The fourth-order valence-corrected chi connectivity index (χ4v) is 5.04. The van der Waals surface area contributed by atoms with Crippen LogP contribution < -0.4 is 14.4 Å². The molecular weight excluding hydrogens is 436 g/mol. The Morgan fingerprint density at radius 1 is 1.10 bits per heavy atom. The number of sulfonamides is 1. The van der Waals surface area contributed by atoms with Crippen LogP contribution in [-0.4, -0.2) is 43.4 Å². The molecule has 1 N–H and O–H groups in total. The van der Waals surface area contributed by atoms with E-state index in [9.17, 15) is 13.2 Å². The molecule has 1 heterocycles. The standard InChI is InChI=1S/C21H24N4O4S2/c1-4-18(25(31(3,27)28)16-11-13-17(14-12-16)29-5-2)19(26)22-21-24-23-20(30-21)15-9-7-6-8-10-15/h6-14,18H,4-5H2,1-3H3,(H,22,24,26). The minimum absolute atomic E-state index is 0.274. The normalized spacial score (nSPS) is 12.2. The average Bonchev–Trinajstić information content (AvgIpc) is 3.21. The minimum atomic E-state index is -3.73. The number of nitrogens with zero attached hydrogens (tertiary/aromatic N) is 3. The van der Waals surface area contributed by atoms with E-state index in [0.29, 0.717) is 28.2 Å². The predicted molar refractivity (Wildman–Crippen MR) is 123 cm³/mol. The van der Waals surface area contributed by atoms with Crippen molar-refractivity contribution in [1.29, 1.82) is 0 Å². The van der Waals surface area contributed by atoms with Crippen LogP contribution in [0.3, 0.4) is 0 Å². The highest BCUT2D eigenvalue weighted by molar-refractivity contribution is 7.92. The maximum atomic E-state index is 13.0. The Labute approximate surface area is 185 Å². The largest absolute Gasteiger partial charge is 0.494 e. The highest BCUT2D eigenvalue weighted by Crippen LogP contribution is 2.28. The number of hydrogen-bond acceptors (Lipinski definition) is 7. The van der Waals surface area contributed by atoms with Gasteiger partial charge in [-0.15, -0.1) is 10.2 Å². The van der Waals surface area contributed by atoms with E-state index in [1.807, 2.05) is 37.3 Å². The van der Waals surface area contributed by atoms with Gasteiger partial charge in [-0.2, -0.15) is 0 Å². The van der Waals surface area contributed by atoms with Crippen molar-refractivity contribution in [3.63, 3.8) is 0 Å². The summed E-state index contributed by atoms with van der Waals surface area (Å²) in [6, 6.07) is 15.2. The molecule has 0 radical (unpaired) electrons. The molecule has 3 aromatic rings. The van der Waals surface area contributed by atoms with Crippen molar-refractivity contribution < 1.29 is 17.9 Å². The van der Waals surface area contributed by atoms with Gasteiger partial charge in [0.05, 0.1) is 18.6 Å². The van der Waals surface area contributed by atoms with Crippen LogP contribution in [0.25, 0.3) is 10.6 Å². The summed E-state index contributed by atoms with van der Waals surface area (Å²) in [7, 11) is -3.73. The molecule has 0 aliphatic carbocycles.